The standard InChI is InChI=1S/C21H22N2O5/c1-13-10-17(14(2)22(13)3)18(24)12-28-20(26)8-9-23-19(25)11-15-6-4-5-7-16(15)21(23)27/h4-7,10H,8-9,11-12H2,1-3H3. The van der Waals surface area contributed by atoms with E-state index in [2.05, 4.69) is 0 Å². The van der Waals surface area contributed by atoms with Crippen LogP contribution in [0.3, 0.4) is 0 Å². The summed E-state index contributed by atoms with van der Waals surface area (Å²) >= 11 is 0. The Morgan fingerprint density at radius 2 is 1.86 bits per heavy atom. The van der Waals surface area contributed by atoms with Crippen molar-refractivity contribution in [2.75, 3.05) is 13.2 Å². The number of rotatable bonds is 6. The van der Waals surface area contributed by atoms with Gasteiger partial charge in [0.15, 0.2) is 6.61 Å². The summed E-state index contributed by atoms with van der Waals surface area (Å²) in [5.41, 5.74) is 3.43. The Bertz CT molecular complexity index is 973. The number of ether oxygens (including phenoxy) is 1. The van der Waals surface area contributed by atoms with Crippen LogP contribution in [0.5, 0.6) is 0 Å². The Morgan fingerprint density at radius 3 is 2.54 bits per heavy atom. The summed E-state index contributed by atoms with van der Waals surface area (Å²) in [7, 11) is 1.86. The van der Waals surface area contributed by atoms with E-state index in [1.165, 1.54) is 0 Å². The summed E-state index contributed by atoms with van der Waals surface area (Å²) in [5, 5.41) is 0. The number of imide groups is 1. The number of hydrogen-bond donors (Lipinski definition) is 0. The number of aromatic nitrogens is 1. The third-order valence-electron chi connectivity index (χ3n) is 5.12. The lowest BCUT2D eigenvalue weighted by molar-refractivity contribution is -0.143. The van der Waals surface area contributed by atoms with Gasteiger partial charge in [-0.3, -0.25) is 24.1 Å². The fourth-order valence-electron chi connectivity index (χ4n) is 3.26. The molecule has 1 aromatic heterocycles. The summed E-state index contributed by atoms with van der Waals surface area (Å²) in [6, 6.07) is 8.68. The van der Waals surface area contributed by atoms with Crippen molar-refractivity contribution in [1.29, 1.82) is 0 Å². The van der Waals surface area contributed by atoms with Gasteiger partial charge in [0.25, 0.3) is 5.91 Å². The van der Waals surface area contributed by atoms with Crippen LogP contribution in [0.4, 0.5) is 0 Å². The normalized spacial score (nSPS) is 13.5. The number of fused-ring (bicyclic) bond motifs is 1. The minimum atomic E-state index is -0.627. The molecule has 146 valence electrons. The maximum absolute atomic E-state index is 12.5. The molecular weight excluding hydrogens is 360 g/mol. The van der Waals surface area contributed by atoms with Crippen LogP contribution in [0.2, 0.25) is 0 Å². The molecule has 0 saturated heterocycles. The number of amides is 2. The van der Waals surface area contributed by atoms with Crippen LogP contribution in [0, 0.1) is 13.8 Å². The molecule has 7 nitrogen and oxygen atoms in total. The van der Waals surface area contributed by atoms with Crippen molar-refractivity contribution in [2.24, 2.45) is 7.05 Å². The Labute approximate surface area is 162 Å². The molecule has 1 aliphatic heterocycles. The molecule has 0 unspecified atom stereocenters. The molecule has 0 atom stereocenters. The van der Waals surface area contributed by atoms with Gasteiger partial charge in [0.1, 0.15) is 0 Å². The number of Topliss-reactive ketones (excluding diaryl/α,β-unsaturated/α-hetero) is 1. The lowest BCUT2D eigenvalue weighted by Crippen LogP contribution is -2.43. The van der Waals surface area contributed by atoms with Gasteiger partial charge in [0.05, 0.1) is 12.8 Å². The van der Waals surface area contributed by atoms with Crippen LogP contribution in [-0.4, -0.2) is 46.2 Å². The molecular formula is C21H22N2O5. The van der Waals surface area contributed by atoms with E-state index in [-0.39, 0.29) is 37.7 Å². The maximum atomic E-state index is 12.5. The molecule has 0 spiro atoms. The molecule has 0 N–H and O–H groups in total. The second kappa shape index (κ2) is 7.80. The van der Waals surface area contributed by atoms with Gasteiger partial charge in [-0.1, -0.05) is 18.2 Å². The molecule has 2 aromatic rings. The van der Waals surface area contributed by atoms with E-state index in [1.54, 1.807) is 30.3 Å². The molecule has 0 bridgehead atoms. The number of ketones is 1. The first-order valence-electron chi connectivity index (χ1n) is 9.04. The van der Waals surface area contributed by atoms with Crippen molar-refractivity contribution in [3.05, 3.63) is 58.4 Å². The van der Waals surface area contributed by atoms with Gasteiger partial charge >= 0.3 is 5.97 Å². The molecule has 2 heterocycles. The Balaban J connectivity index is 1.54. The van der Waals surface area contributed by atoms with Crippen LogP contribution >= 0.6 is 0 Å². The molecule has 2 amide bonds. The second-order valence-corrected chi connectivity index (χ2v) is 6.86. The Kier molecular flexibility index (Phi) is 5.44. The number of esters is 1. The molecule has 1 aromatic carbocycles. The molecule has 7 heteroatoms. The summed E-state index contributed by atoms with van der Waals surface area (Å²) in [6.45, 7) is 3.28. The number of benzene rings is 1. The molecule has 0 fully saturated rings. The topological polar surface area (TPSA) is 85.7 Å². The van der Waals surface area contributed by atoms with E-state index in [1.807, 2.05) is 25.5 Å². The fourth-order valence-corrected chi connectivity index (χ4v) is 3.26. The summed E-state index contributed by atoms with van der Waals surface area (Å²) in [4.78, 5) is 50.0. The minimum Gasteiger partial charge on any atom is -0.457 e. The molecule has 0 saturated carbocycles. The quantitative estimate of drug-likeness (QED) is 0.433. The van der Waals surface area contributed by atoms with Gasteiger partial charge in [0.2, 0.25) is 11.7 Å². The predicted octanol–water partition coefficient (Wildman–Crippen LogP) is 1.98. The SMILES string of the molecule is Cc1cc(C(=O)COC(=O)CCN2C(=O)Cc3ccccc3C2=O)c(C)n1C. The third-order valence-corrected chi connectivity index (χ3v) is 5.12. The lowest BCUT2D eigenvalue weighted by Gasteiger charge is -2.26. The van der Waals surface area contributed by atoms with Crippen LogP contribution in [0.15, 0.2) is 30.3 Å². The van der Waals surface area contributed by atoms with Gasteiger partial charge in [-0.15, -0.1) is 0 Å². The summed E-state index contributed by atoms with van der Waals surface area (Å²) < 4.78 is 6.94. The molecule has 0 aliphatic carbocycles. The van der Waals surface area contributed by atoms with Gasteiger partial charge in [0, 0.05) is 36.1 Å². The number of hydrogen-bond acceptors (Lipinski definition) is 5. The molecule has 3 rings (SSSR count). The van der Waals surface area contributed by atoms with Gasteiger partial charge in [-0.05, 0) is 31.5 Å². The highest BCUT2D eigenvalue weighted by atomic mass is 16.5. The number of carbonyl (C=O) groups excluding carboxylic acids is 4. The van der Waals surface area contributed by atoms with Crippen molar-refractivity contribution in [3.63, 3.8) is 0 Å². The predicted molar refractivity (Wildman–Crippen MR) is 101 cm³/mol. The van der Waals surface area contributed by atoms with Crippen molar-refractivity contribution >= 4 is 23.6 Å². The highest BCUT2D eigenvalue weighted by Gasteiger charge is 2.30. The number of nitrogens with zero attached hydrogens (tertiary/aromatic N) is 2. The van der Waals surface area contributed by atoms with E-state index in [9.17, 15) is 19.2 Å². The Morgan fingerprint density at radius 1 is 1.14 bits per heavy atom. The van der Waals surface area contributed by atoms with Crippen molar-refractivity contribution in [2.45, 2.75) is 26.7 Å². The zero-order valence-electron chi connectivity index (χ0n) is 16.2. The minimum absolute atomic E-state index is 0.0670. The average molecular weight is 382 g/mol. The van der Waals surface area contributed by atoms with Crippen molar-refractivity contribution in [1.82, 2.24) is 9.47 Å². The first-order valence-corrected chi connectivity index (χ1v) is 9.04. The summed E-state index contributed by atoms with van der Waals surface area (Å²) in [5.74, 6) is -1.67. The van der Waals surface area contributed by atoms with E-state index in [4.69, 9.17) is 4.74 Å². The van der Waals surface area contributed by atoms with Gasteiger partial charge in [-0.25, -0.2) is 0 Å². The van der Waals surface area contributed by atoms with E-state index >= 15 is 0 Å². The van der Waals surface area contributed by atoms with Gasteiger partial charge < -0.3 is 9.30 Å². The third kappa shape index (κ3) is 3.74. The highest BCUT2D eigenvalue weighted by molar-refractivity contribution is 6.09. The number of aryl methyl sites for hydroxylation is 1. The molecule has 1 aliphatic rings. The van der Waals surface area contributed by atoms with E-state index in [0.717, 1.165) is 16.3 Å². The fraction of sp³-hybridized carbons (Fsp3) is 0.333. The van der Waals surface area contributed by atoms with Crippen LogP contribution in [0.1, 0.15) is 44.1 Å². The van der Waals surface area contributed by atoms with Crippen LogP contribution < -0.4 is 0 Å². The molecule has 28 heavy (non-hydrogen) atoms. The second-order valence-electron chi connectivity index (χ2n) is 6.86. The first kappa shape index (κ1) is 19.5. The summed E-state index contributed by atoms with van der Waals surface area (Å²) in [6.07, 6.45) is -0.0260. The largest absolute Gasteiger partial charge is 0.457 e. The van der Waals surface area contributed by atoms with Crippen molar-refractivity contribution < 1.29 is 23.9 Å². The van der Waals surface area contributed by atoms with Gasteiger partial charge in [-0.2, -0.15) is 0 Å². The average Bonchev–Trinajstić information content (AvgIpc) is 2.93. The lowest BCUT2D eigenvalue weighted by atomic mass is 9.98. The maximum Gasteiger partial charge on any atom is 0.308 e. The molecule has 0 radical (unpaired) electrons. The van der Waals surface area contributed by atoms with Crippen LogP contribution in [-0.2, 0) is 27.8 Å². The monoisotopic (exact) mass is 382 g/mol. The highest BCUT2D eigenvalue weighted by Crippen LogP contribution is 2.20. The van der Waals surface area contributed by atoms with Crippen molar-refractivity contribution in [3.8, 4) is 0 Å². The zero-order chi connectivity index (χ0) is 20.4. The Hall–Kier alpha value is -3.22. The smallest absolute Gasteiger partial charge is 0.308 e. The zero-order valence-corrected chi connectivity index (χ0v) is 16.2. The van der Waals surface area contributed by atoms with Crippen LogP contribution in [0.25, 0.3) is 0 Å². The number of carbonyl (C=O) groups is 4. The van der Waals surface area contributed by atoms with E-state index < -0.39 is 11.9 Å². The first-order chi connectivity index (χ1) is 13.3. The van der Waals surface area contributed by atoms with E-state index in [0.29, 0.717) is 16.7 Å².